The summed E-state index contributed by atoms with van der Waals surface area (Å²) in [5.41, 5.74) is 1.36. The molecule has 5 nitrogen and oxygen atoms in total. The lowest BCUT2D eigenvalue weighted by Crippen LogP contribution is -2.57. The average molecular weight is 444 g/mol. The fourth-order valence-electron chi connectivity index (χ4n) is 4.92. The zero-order valence-electron chi connectivity index (χ0n) is 17.5. The molecule has 2 aliphatic rings. The third-order valence-electron chi connectivity index (χ3n) is 6.21. The van der Waals surface area contributed by atoms with Gasteiger partial charge in [-0.25, -0.2) is 4.79 Å². The van der Waals surface area contributed by atoms with Crippen LogP contribution >= 0.6 is 0 Å². The van der Waals surface area contributed by atoms with Crippen molar-refractivity contribution in [1.29, 1.82) is 0 Å². The number of hydrogen-bond acceptors (Lipinski definition) is 4. The number of benzene rings is 2. The monoisotopic (exact) mass is 444 g/mol. The summed E-state index contributed by atoms with van der Waals surface area (Å²) in [7, 11) is 0. The van der Waals surface area contributed by atoms with E-state index < -0.39 is 35.7 Å². The van der Waals surface area contributed by atoms with Gasteiger partial charge in [-0.2, -0.15) is 13.2 Å². The standard InChI is InChI=1S/C24H23F3N2O3/c1-3-13-28-18-12-8-7-11-17(18)23(2)14-19(29(21(23)28)22(31)24(25,26)27)20(30)32-15-16-9-5-4-6-10-16/h3-12,19,21H,1,13-15H2,2H3/t19-,21-,23-/m0/s1. The number of amides is 1. The third-order valence-corrected chi connectivity index (χ3v) is 6.21. The van der Waals surface area contributed by atoms with Crippen LogP contribution in [0.5, 0.6) is 0 Å². The number of carbonyl (C=O) groups is 2. The molecule has 8 heteroatoms. The number of anilines is 1. The molecule has 0 aromatic heterocycles. The highest BCUT2D eigenvalue weighted by Gasteiger charge is 2.64. The molecule has 0 N–H and O–H groups in total. The number of nitrogens with zero attached hydrogens (tertiary/aromatic N) is 2. The van der Waals surface area contributed by atoms with Crippen molar-refractivity contribution in [3.8, 4) is 0 Å². The fraction of sp³-hybridized carbons (Fsp3) is 0.333. The molecule has 0 bridgehead atoms. The van der Waals surface area contributed by atoms with E-state index in [-0.39, 0.29) is 19.6 Å². The number of para-hydroxylation sites is 1. The Morgan fingerprint density at radius 1 is 1.16 bits per heavy atom. The second-order valence-electron chi connectivity index (χ2n) is 8.27. The number of ether oxygens (including phenoxy) is 1. The van der Waals surface area contributed by atoms with E-state index in [1.165, 1.54) is 0 Å². The van der Waals surface area contributed by atoms with Gasteiger partial charge in [-0.05, 0) is 23.6 Å². The number of alkyl halides is 3. The van der Waals surface area contributed by atoms with E-state index in [4.69, 9.17) is 4.74 Å². The first-order valence-electron chi connectivity index (χ1n) is 10.3. The van der Waals surface area contributed by atoms with Gasteiger partial charge >= 0.3 is 18.1 Å². The molecule has 0 unspecified atom stereocenters. The SMILES string of the molecule is C=CCN1c2ccccc2[C@]2(C)C[C@@H](C(=O)OCc3ccccc3)N(C(=O)C(F)(F)F)[C@H]12. The molecule has 1 amide bonds. The molecule has 0 aliphatic carbocycles. The third kappa shape index (κ3) is 3.53. The van der Waals surface area contributed by atoms with Gasteiger partial charge < -0.3 is 9.64 Å². The maximum Gasteiger partial charge on any atom is 0.471 e. The van der Waals surface area contributed by atoms with Crippen molar-refractivity contribution in [3.63, 3.8) is 0 Å². The summed E-state index contributed by atoms with van der Waals surface area (Å²) in [6.07, 6.45) is -4.52. The summed E-state index contributed by atoms with van der Waals surface area (Å²) < 4.78 is 46.3. The second-order valence-corrected chi connectivity index (χ2v) is 8.27. The van der Waals surface area contributed by atoms with E-state index in [0.717, 1.165) is 11.3 Å². The van der Waals surface area contributed by atoms with Crippen LogP contribution in [-0.2, 0) is 26.3 Å². The quantitative estimate of drug-likeness (QED) is 0.513. The summed E-state index contributed by atoms with van der Waals surface area (Å²) in [6.45, 7) is 5.65. The largest absolute Gasteiger partial charge is 0.471 e. The minimum atomic E-state index is -5.13. The van der Waals surface area contributed by atoms with Gasteiger partial charge in [0.25, 0.3) is 0 Å². The zero-order chi connectivity index (χ0) is 23.1. The van der Waals surface area contributed by atoms with Gasteiger partial charge in [-0.1, -0.05) is 61.5 Å². The van der Waals surface area contributed by atoms with Gasteiger partial charge in [-0.15, -0.1) is 6.58 Å². The van der Waals surface area contributed by atoms with E-state index in [1.807, 2.05) is 6.07 Å². The van der Waals surface area contributed by atoms with Crippen molar-refractivity contribution in [1.82, 2.24) is 4.90 Å². The molecule has 168 valence electrons. The van der Waals surface area contributed by atoms with Gasteiger partial charge in [0, 0.05) is 17.6 Å². The Morgan fingerprint density at radius 3 is 2.47 bits per heavy atom. The van der Waals surface area contributed by atoms with Crippen molar-refractivity contribution in [2.24, 2.45) is 0 Å². The van der Waals surface area contributed by atoms with Crippen LogP contribution in [-0.4, -0.2) is 41.7 Å². The Hall–Kier alpha value is -3.29. The molecular formula is C24H23F3N2O3. The summed E-state index contributed by atoms with van der Waals surface area (Å²) in [6, 6.07) is 14.7. The molecule has 0 radical (unpaired) electrons. The van der Waals surface area contributed by atoms with Crippen LogP contribution in [0.2, 0.25) is 0 Å². The van der Waals surface area contributed by atoms with Crippen LogP contribution in [0.4, 0.5) is 18.9 Å². The van der Waals surface area contributed by atoms with E-state index in [1.54, 1.807) is 66.4 Å². The Labute approximate surface area is 184 Å². The molecule has 32 heavy (non-hydrogen) atoms. The van der Waals surface area contributed by atoms with E-state index >= 15 is 0 Å². The summed E-state index contributed by atoms with van der Waals surface area (Å²) in [4.78, 5) is 27.9. The first kappa shape index (κ1) is 21.9. The first-order valence-corrected chi connectivity index (χ1v) is 10.3. The van der Waals surface area contributed by atoms with Gasteiger partial charge in [0.05, 0.1) is 0 Å². The Kier molecular flexibility index (Phi) is 5.48. The molecule has 2 aliphatic heterocycles. The number of rotatable bonds is 5. The van der Waals surface area contributed by atoms with Gasteiger partial charge in [0.15, 0.2) is 0 Å². The highest BCUT2D eigenvalue weighted by Crippen LogP contribution is 2.54. The zero-order valence-corrected chi connectivity index (χ0v) is 17.5. The van der Waals surface area contributed by atoms with Crippen LogP contribution in [0.3, 0.4) is 0 Å². The molecule has 1 saturated heterocycles. The van der Waals surface area contributed by atoms with E-state index in [2.05, 4.69) is 6.58 Å². The number of halogens is 3. The molecule has 4 rings (SSSR count). The topological polar surface area (TPSA) is 49.9 Å². The molecule has 2 heterocycles. The number of esters is 1. The van der Waals surface area contributed by atoms with Crippen molar-refractivity contribution in [2.75, 3.05) is 11.4 Å². The van der Waals surface area contributed by atoms with Crippen molar-refractivity contribution in [2.45, 2.75) is 43.8 Å². The highest BCUT2D eigenvalue weighted by molar-refractivity contribution is 5.90. The highest BCUT2D eigenvalue weighted by atomic mass is 19.4. The van der Waals surface area contributed by atoms with Crippen LogP contribution in [0.15, 0.2) is 67.3 Å². The summed E-state index contributed by atoms with van der Waals surface area (Å²) in [5, 5.41) is 0. The predicted octanol–water partition coefficient (Wildman–Crippen LogP) is 4.18. The summed E-state index contributed by atoms with van der Waals surface area (Å²) in [5.74, 6) is -2.90. The van der Waals surface area contributed by atoms with Crippen LogP contribution < -0.4 is 4.90 Å². The van der Waals surface area contributed by atoms with Gasteiger partial charge in [-0.3, -0.25) is 9.69 Å². The molecule has 0 saturated carbocycles. The van der Waals surface area contributed by atoms with Crippen molar-refractivity contribution >= 4 is 17.6 Å². The smallest absolute Gasteiger partial charge is 0.459 e. The summed E-state index contributed by atoms with van der Waals surface area (Å²) >= 11 is 0. The minimum absolute atomic E-state index is 0.0256. The number of carbonyl (C=O) groups excluding carboxylic acids is 2. The Balaban J connectivity index is 1.72. The first-order chi connectivity index (χ1) is 15.2. The van der Waals surface area contributed by atoms with Gasteiger partial charge in [0.2, 0.25) is 0 Å². The number of likely N-dealkylation sites (tertiary alicyclic amines) is 1. The van der Waals surface area contributed by atoms with Crippen LogP contribution in [0.25, 0.3) is 0 Å². The second kappa shape index (κ2) is 8.00. The maximum atomic E-state index is 13.6. The van der Waals surface area contributed by atoms with Crippen LogP contribution in [0.1, 0.15) is 24.5 Å². The van der Waals surface area contributed by atoms with Crippen molar-refractivity contribution < 1.29 is 27.5 Å². The molecule has 1 fully saturated rings. The number of hydrogen-bond donors (Lipinski definition) is 0. The lowest BCUT2D eigenvalue weighted by atomic mass is 9.80. The lowest BCUT2D eigenvalue weighted by molar-refractivity contribution is -0.191. The molecule has 0 spiro atoms. The Morgan fingerprint density at radius 2 is 1.81 bits per heavy atom. The van der Waals surface area contributed by atoms with Crippen LogP contribution in [0, 0.1) is 0 Å². The Bertz CT molecular complexity index is 1040. The predicted molar refractivity (Wildman–Crippen MR) is 113 cm³/mol. The molecule has 3 atom stereocenters. The minimum Gasteiger partial charge on any atom is -0.459 e. The average Bonchev–Trinajstić information content (AvgIpc) is 3.20. The van der Waals surface area contributed by atoms with E-state index in [9.17, 15) is 22.8 Å². The molecule has 2 aromatic carbocycles. The molecule has 2 aromatic rings. The van der Waals surface area contributed by atoms with E-state index in [0.29, 0.717) is 10.5 Å². The fourth-order valence-corrected chi connectivity index (χ4v) is 4.92. The normalized spacial score (nSPS) is 24.1. The van der Waals surface area contributed by atoms with Gasteiger partial charge in [0.1, 0.15) is 18.8 Å². The maximum absolute atomic E-state index is 13.6. The van der Waals surface area contributed by atoms with Crippen molar-refractivity contribution in [3.05, 3.63) is 78.4 Å². The molecular weight excluding hydrogens is 421 g/mol. The lowest BCUT2D eigenvalue weighted by Gasteiger charge is -2.37. The number of fused-ring (bicyclic) bond motifs is 3.